The lowest BCUT2D eigenvalue weighted by atomic mass is 10.3. The highest BCUT2D eigenvalue weighted by Crippen LogP contribution is 2.16. The highest BCUT2D eigenvalue weighted by Gasteiger charge is 2.11. The number of carbonyl (C=O) groups excluding carboxylic acids is 1. The maximum atomic E-state index is 13.2. The molecule has 0 heterocycles. The van der Waals surface area contributed by atoms with Crippen LogP contribution in [-0.4, -0.2) is 24.6 Å². The number of halogens is 2. The largest absolute Gasteiger partial charge is 0.486 e. The van der Waals surface area contributed by atoms with Crippen LogP contribution in [0.4, 0.5) is 4.39 Å². The molecule has 1 aromatic rings. The van der Waals surface area contributed by atoms with Gasteiger partial charge in [0.05, 0.1) is 12.6 Å². The van der Waals surface area contributed by atoms with E-state index in [2.05, 4.69) is 5.32 Å². The summed E-state index contributed by atoms with van der Waals surface area (Å²) in [5, 5.41) is 2.61. The molecular weight excluding hydrogens is 259 g/mol. The second kappa shape index (κ2) is 7.89. The maximum Gasteiger partial charge on any atom is 0.236 e. The summed E-state index contributed by atoms with van der Waals surface area (Å²) in [7, 11) is 0. The molecule has 3 N–H and O–H groups in total. The van der Waals surface area contributed by atoms with E-state index in [9.17, 15) is 9.18 Å². The number of nitrogens with one attached hydrogen (secondary N) is 1. The lowest BCUT2D eigenvalue weighted by Gasteiger charge is -2.16. The molecule has 1 unspecified atom stereocenters. The molecule has 6 heteroatoms. The van der Waals surface area contributed by atoms with Crippen molar-refractivity contribution < 1.29 is 13.9 Å². The van der Waals surface area contributed by atoms with Crippen molar-refractivity contribution in [3.05, 3.63) is 30.1 Å². The van der Waals surface area contributed by atoms with Crippen molar-refractivity contribution in [3.63, 3.8) is 0 Å². The number of hydrogen-bond acceptors (Lipinski definition) is 3. The number of ether oxygens (including phenoxy) is 1. The van der Waals surface area contributed by atoms with Gasteiger partial charge in [-0.1, -0.05) is 12.1 Å². The van der Waals surface area contributed by atoms with Crippen molar-refractivity contribution in [2.24, 2.45) is 5.73 Å². The molecule has 0 saturated carbocycles. The van der Waals surface area contributed by atoms with Crippen molar-refractivity contribution in [1.29, 1.82) is 0 Å². The number of benzene rings is 1. The minimum Gasteiger partial charge on any atom is -0.486 e. The highest BCUT2D eigenvalue weighted by molar-refractivity contribution is 5.85. The van der Waals surface area contributed by atoms with Crippen molar-refractivity contribution >= 4 is 18.3 Å². The summed E-state index contributed by atoms with van der Waals surface area (Å²) in [5.41, 5.74) is 5.39. The normalized spacial score (nSPS) is 13.1. The predicted molar refractivity (Wildman–Crippen MR) is 70.4 cm³/mol. The average Bonchev–Trinajstić information content (AvgIpc) is 2.29. The third kappa shape index (κ3) is 5.33. The second-order valence-corrected chi connectivity index (χ2v) is 3.89. The van der Waals surface area contributed by atoms with E-state index < -0.39 is 11.9 Å². The number of nitrogens with two attached hydrogens (primary N) is 1. The predicted octanol–water partition coefficient (Wildman–Crippen LogP) is 1.48. The van der Waals surface area contributed by atoms with E-state index in [0.717, 1.165) is 0 Å². The molecule has 4 nitrogen and oxygen atoms in total. The molecule has 1 aromatic carbocycles. The summed E-state index contributed by atoms with van der Waals surface area (Å²) < 4.78 is 18.6. The van der Waals surface area contributed by atoms with E-state index in [1.54, 1.807) is 32.0 Å². The van der Waals surface area contributed by atoms with Gasteiger partial charge in [0.1, 0.15) is 6.10 Å². The van der Waals surface area contributed by atoms with E-state index in [0.29, 0.717) is 0 Å². The number of hydrogen-bond donors (Lipinski definition) is 2. The van der Waals surface area contributed by atoms with Crippen LogP contribution in [0.3, 0.4) is 0 Å². The van der Waals surface area contributed by atoms with Gasteiger partial charge < -0.3 is 15.8 Å². The fourth-order valence-corrected chi connectivity index (χ4v) is 1.20. The molecule has 1 rings (SSSR count). The summed E-state index contributed by atoms with van der Waals surface area (Å²) in [4.78, 5) is 11.2. The van der Waals surface area contributed by atoms with Gasteiger partial charge in [-0.3, -0.25) is 4.79 Å². The molecule has 0 spiro atoms. The van der Waals surface area contributed by atoms with Gasteiger partial charge in [-0.05, 0) is 26.0 Å². The first-order chi connectivity index (χ1) is 8.00. The topological polar surface area (TPSA) is 64.4 Å². The van der Waals surface area contributed by atoms with Crippen LogP contribution in [0.1, 0.15) is 13.8 Å². The Hall–Kier alpha value is -1.33. The minimum absolute atomic E-state index is 0. The Morgan fingerprint density at radius 2 is 2.06 bits per heavy atom. The van der Waals surface area contributed by atoms with Gasteiger partial charge in [-0.15, -0.1) is 12.4 Å². The first-order valence-corrected chi connectivity index (χ1v) is 5.45. The smallest absolute Gasteiger partial charge is 0.236 e. The van der Waals surface area contributed by atoms with E-state index in [1.807, 2.05) is 0 Å². The van der Waals surface area contributed by atoms with Gasteiger partial charge in [0, 0.05) is 0 Å². The Labute approximate surface area is 112 Å². The minimum atomic E-state index is -0.560. The van der Waals surface area contributed by atoms with E-state index in [4.69, 9.17) is 10.5 Å². The van der Waals surface area contributed by atoms with Gasteiger partial charge in [0.15, 0.2) is 11.6 Å². The molecule has 102 valence electrons. The zero-order valence-electron chi connectivity index (χ0n) is 10.4. The summed E-state index contributed by atoms with van der Waals surface area (Å²) >= 11 is 0. The fraction of sp³-hybridized carbons (Fsp3) is 0.417. The lowest BCUT2D eigenvalue weighted by molar-refractivity contribution is -0.122. The lowest BCUT2D eigenvalue weighted by Crippen LogP contribution is -2.42. The molecule has 0 radical (unpaired) electrons. The summed E-state index contributed by atoms with van der Waals surface area (Å²) in [5.74, 6) is -0.498. The van der Waals surface area contributed by atoms with Crippen molar-refractivity contribution in [3.8, 4) is 5.75 Å². The number of rotatable bonds is 5. The molecule has 18 heavy (non-hydrogen) atoms. The van der Waals surface area contributed by atoms with Gasteiger partial charge in [0.25, 0.3) is 0 Å². The molecular formula is C12H18ClFN2O2. The molecule has 0 aliphatic carbocycles. The molecule has 1 amide bonds. The van der Waals surface area contributed by atoms with Gasteiger partial charge in [-0.25, -0.2) is 4.39 Å². The Bertz CT molecular complexity index is 388. The van der Waals surface area contributed by atoms with Crippen LogP contribution in [-0.2, 0) is 4.79 Å². The van der Waals surface area contributed by atoms with Crippen molar-refractivity contribution in [2.45, 2.75) is 26.0 Å². The molecule has 0 fully saturated rings. The van der Waals surface area contributed by atoms with Crippen LogP contribution < -0.4 is 15.8 Å². The van der Waals surface area contributed by atoms with E-state index in [-0.39, 0.29) is 36.7 Å². The SMILES string of the molecule is CC(CNC(=O)[C@@H](C)N)Oc1ccccc1F.Cl. The van der Waals surface area contributed by atoms with Gasteiger partial charge >= 0.3 is 0 Å². The fourth-order valence-electron chi connectivity index (χ4n) is 1.20. The standard InChI is InChI=1S/C12H17FN2O2.ClH/c1-8(7-15-12(16)9(2)14)17-11-6-4-3-5-10(11)13;/h3-6,8-9H,7,14H2,1-2H3,(H,15,16);1H/t8?,9-;/m1./s1. The van der Waals surface area contributed by atoms with Crippen LogP contribution >= 0.6 is 12.4 Å². The number of amides is 1. The quantitative estimate of drug-likeness (QED) is 0.856. The van der Waals surface area contributed by atoms with Crippen LogP contribution in [0.5, 0.6) is 5.75 Å². The van der Waals surface area contributed by atoms with E-state index >= 15 is 0 Å². The van der Waals surface area contributed by atoms with Gasteiger partial charge in [0.2, 0.25) is 5.91 Å². The third-order valence-corrected chi connectivity index (χ3v) is 2.14. The van der Waals surface area contributed by atoms with Crippen LogP contribution in [0.25, 0.3) is 0 Å². The van der Waals surface area contributed by atoms with Crippen LogP contribution in [0.15, 0.2) is 24.3 Å². The van der Waals surface area contributed by atoms with Crippen molar-refractivity contribution in [2.75, 3.05) is 6.54 Å². The zero-order chi connectivity index (χ0) is 12.8. The third-order valence-electron chi connectivity index (χ3n) is 2.14. The molecule has 0 bridgehead atoms. The molecule has 0 aliphatic heterocycles. The Balaban J connectivity index is 0.00000289. The number of carbonyl (C=O) groups is 1. The van der Waals surface area contributed by atoms with Gasteiger partial charge in [-0.2, -0.15) is 0 Å². The Morgan fingerprint density at radius 3 is 2.61 bits per heavy atom. The average molecular weight is 277 g/mol. The highest BCUT2D eigenvalue weighted by atomic mass is 35.5. The summed E-state index contributed by atoms with van der Waals surface area (Å²) in [6.07, 6.45) is -0.324. The summed E-state index contributed by atoms with van der Waals surface area (Å²) in [6.45, 7) is 3.63. The van der Waals surface area contributed by atoms with E-state index in [1.165, 1.54) is 6.07 Å². The molecule has 0 saturated heterocycles. The maximum absolute atomic E-state index is 13.2. The van der Waals surface area contributed by atoms with Crippen LogP contribution in [0.2, 0.25) is 0 Å². The monoisotopic (exact) mass is 276 g/mol. The Morgan fingerprint density at radius 1 is 1.44 bits per heavy atom. The first-order valence-electron chi connectivity index (χ1n) is 5.45. The Kier molecular flexibility index (Phi) is 7.31. The first kappa shape index (κ1) is 16.7. The number of para-hydroxylation sites is 1. The molecule has 0 aliphatic rings. The summed E-state index contributed by atoms with van der Waals surface area (Å²) in [6, 6.07) is 5.58. The molecule has 2 atom stereocenters. The second-order valence-electron chi connectivity index (χ2n) is 3.89. The zero-order valence-corrected chi connectivity index (χ0v) is 11.2. The van der Waals surface area contributed by atoms with Crippen LogP contribution in [0, 0.1) is 5.82 Å². The van der Waals surface area contributed by atoms with Crippen molar-refractivity contribution in [1.82, 2.24) is 5.32 Å². The molecule has 0 aromatic heterocycles.